The topological polar surface area (TPSA) is 30.0 Å². The molecule has 3 atom stereocenters. The number of likely N-dealkylation sites (tertiary alicyclic amines) is 1. The van der Waals surface area contributed by atoms with Crippen LogP contribution in [-0.4, -0.2) is 78.5 Å². The zero-order chi connectivity index (χ0) is 31.0. The van der Waals surface area contributed by atoms with Gasteiger partial charge in [-0.05, 0) is 79.8 Å². The Balaban J connectivity index is 1.63. The minimum Gasteiger partial charge on any atom is -0.321 e. The summed E-state index contributed by atoms with van der Waals surface area (Å²) in [5, 5.41) is 0. The van der Waals surface area contributed by atoms with Crippen LogP contribution in [0.3, 0.4) is 0 Å². The Hall–Kier alpha value is -2.86. The maximum absolute atomic E-state index is 14.0. The van der Waals surface area contributed by atoms with Gasteiger partial charge < -0.3 is 19.6 Å². The van der Waals surface area contributed by atoms with Crippen LogP contribution < -0.4 is 0 Å². The van der Waals surface area contributed by atoms with E-state index in [0.29, 0.717) is 37.2 Å². The number of likely N-dealkylation sites (N-methyl/N-ethyl adjacent to an activating group) is 1. The van der Waals surface area contributed by atoms with Crippen molar-refractivity contribution in [2.45, 2.75) is 51.6 Å². The lowest BCUT2D eigenvalue weighted by Gasteiger charge is -2.38. The van der Waals surface area contributed by atoms with Crippen molar-refractivity contribution in [2.24, 2.45) is 5.92 Å². The molecule has 0 aromatic heterocycles. The number of amides is 2. The summed E-state index contributed by atoms with van der Waals surface area (Å²) in [7, 11) is 1.38. The molecule has 5 nitrogen and oxygen atoms in total. The lowest BCUT2D eigenvalue weighted by atomic mass is 9.90. The van der Waals surface area contributed by atoms with Gasteiger partial charge in [-0.3, -0.25) is 0 Å². The lowest BCUT2D eigenvalue weighted by molar-refractivity contribution is -0.143. The molecule has 2 saturated heterocycles. The Morgan fingerprint density at radius 1 is 0.929 bits per heavy atom. The number of alkyl halides is 6. The van der Waals surface area contributed by atoms with Crippen molar-refractivity contribution < 1.29 is 35.5 Å². The molecule has 0 saturated carbocycles. The number of benzene rings is 2. The molecule has 0 radical (unpaired) electrons. The molecule has 0 aliphatic carbocycles. The molecular weight excluding hydrogens is 565 g/mol. The fraction of sp³-hybridized carbons (Fsp3) is 0.567. The number of carbonyl (C=O) groups excluding carboxylic acids is 1. The highest BCUT2D eigenvalue weighted by molar-refractivity contribution is 5.76. The summed E-state index contributed by atoms with van der Waals surface area (Å²) in [5.74, 6) is -0.393. The number of urea groups is 1. The van der Waals surface area contributed by atoms with E-state index in [4.69, 9.17) is 0 Å². The molecular formula is C30H37F7N4O. The number of piperazine rings is 1. The first kappa shape index (κ1) is 32.1. The van der Waals surface area contributed by atoms with Gasteiger partial charge in [0.25, 0.3) is 0 Å². The second kappa shape index (κ2) is 12.4. The van der Waals surface area contributed by atoms with Gasteiger partial charge in [-0.15, -0.1) is 0 Å². The lowest BCUT2D eigenvalue weighted by Crippen LogP contribution is -2.48. The largest absolute Gasteiger partial charge is 0.416 e. The molecule has 2 amide bonds. The van der Waals surface area contributed by atoms with Gasteiger partial charge in [-0.2, -0.15) is 26.3 Å². The average Bonchev–Trinajstić information content (AvgIpc) is 3.34. The number of aryl methyl sites for hydroxylation is 1. The van der Waals surface area contributed by atoms with Crippen molar-refractivity contribution in [3.8, 4) is 0 Å². The summed E-state index contributed by atoms with van der Waals surface area (Å²) in [4.78, 5) is 21.4. The average molecular weight is 603 g/mol. The molecule has 12 heteroatoms. The van der Waals surface area contributed by atoms with Gasteiger partial charge in [0.15, 0.2) is 0 Å². The third-order valence-corrected chi connectivity index (χ3v) is 8.70. The molecule has 2 aliphatic rings. The van der Waals surface area contributed by atoms with Crippen molar-refractivity contribution in [2.75, 3.05) is 52.9 Å². The number of rotatable bonds is 6. The van der Waals surface area contributed by atoms with Crippen molar-refractivity contribution in [3.05, 3.63) is 70.0 Å². The maximum atomic E-state index is 14.0. The standard InChI is InChI=1S/C30H37F7N4O/c1-5-39-10-12-40(13-11-39)18-21-8-9-41(27(21)26-7-6-25(31)14-19(26)2)28(42)38(4)20(3)22-15-23(29(32,33)34)17-24(16-22)30(35,36)37/h6-7,14-17,20-21,27H,5,8-13,18H2,1-4H3. The number of halogens is 7. The summed E-state index contributed by atoms with van der Waals surface area (Å²) >= 11 is 0. The summed E-state index contributed by atoms with van der Waals surface area (Å²) in [6, 6.07) is 3.78. The van der Waals surface area contributed by atoms with Crippen LogP contribution in [0.1, 0.15) is 60.2 Å². The van der Waals surface area contributed by atoms with Crippen LogP contribution in [0, 0.1) is 18.7 Å². The van der Waals surface area contributed by atoms with Crippen LogP contribution in [0.2, 0.25) is 0 Å². The molecule has 232 valence electrons. The Bertz CT molecular complexity index is 1220. The minimum absolute atomic E-state index is 0.0142. The van der Waals surface area contributed by atoms with Crippen molar-refractivity contribution in [1.82, 2.24) is 19.6 Å². The molecule has 2 aliphatic heterocycles. The molecule has 2 aromatic carbocycles. The summed E-state index contributed by atoms with van der Waals surface area (Å²) in [5.41, 5.74) is -1.68. The summed E-state index contributed by atoms with van der Waals surface area (Å²) in [6.45, 7) is 11.0. The second-order valence-corrected chi connectivity index (χ2v) is 11.3. The number of carbonyl (C=O) groups is 1. The number of hydrogen-bond donors (Lipinski definition) is 0. The van der Waals surface area contributed by atoms with Crippen molar-refractivity contribution in [3.63, 3.8) is 0 Å². The highest BCUT2D eigenvalue weighted by atomic mass is 19.4. The van der Waals surface area contributed by atoms with E-state index in [1.807, 2.05) is 0 Å². The zero-order valence-corrected chi connectivity index (χ0v) is 24.2. The molecule has 0 N–H and O–H groups in total. The Labute approximate surface area is 241 Å². The maximum Gasteiger partial charge on any atom is 0.416 e. The molecule has 0 spiro atoms. The van der Waals surface area contributed by atoms with E-state index in [0.717, 1.165) is 38.3 Å². The van der Waals surface area contributed by atoms with Crippen molar-refractivity contribution >= 4 is 6.03 Å². The first-order valence-electron chi connectivity index (χ1n) is 14.1. The van der Waals surface area contributed by atoms with E-state index < -0.39 is 47.4 Å². The molecule has 0 bridgehead atoms. The highest BCUT2D eigenvalue weighted by Gasteiger charge is 2.42. The van der Waals surface area contributed by atoms with Gasteiger partial charge in [0.1, 0.15) is 5.82 Å². The van der Waals surface area contributed by atoms with E-state index in [1.54, 1.807) is 17.9 Å². The molecule has 2 aromatic rings. The molecule has 4 rings (SSSR count). The van der Waals surface area contributed by atoms with E-state index in [9.17, 15) is 35.5 Å². The fourth-order valence-corrected chi connectivity index (χ4v) is 6.09. The molecule has 42 heavy (non-hydrogen) atoms. The molecule has 2 fully saturated rings. The minimum atomic E-state index is -4.99. The van der Waals surface area contributed by atoms with E-state index in [-0.39, 0.29) is 17.5 Å². The Kier molecular flexibility index (Phi) is 9.46. The van der Waals surface area contributed by atoms with Crippen molar-refractivity contribution in [1.29, 1.82) is 0 Å². The van der Waals surface area contributed by atoms with Gasteiger partial charge in [-0.25, -0.2) is 9.18 Å². The number of nitrogens with zero attached hydrogens (tertiary/aromatic N) is 4. The number of hydrogen-bond acceptors (Lipinski definition) is 3. The Morgan fingerprint density at radius 2 is 1.50 bits per heavy atom. The smallest absolute Gasteiger partial charge is 0.321 e. The predicted octanol–water partition coefficient (Wildman–Crippen LogP) is 6.99. The second-order valence-electron chi connectivity index (χ2n) is 11.3. The normalized spacial score (nSPS) is 21.5. The van der Waals surface area contributed by atoms with Crippen LogP contribution in [0.5, 0.6) is 0 Å². The van der Waals surface area contributed by atoms with E-state index in [2.05, 4.69) is 16.7 Å². The van der Waals surface area contributed by atoms with Crippen LogP contribution in [0.4, 0.5) is 35.5 Å². The Morgan fingerprint density at radius 3 is 2.02 bits per heavy atom. The first-order valence-corrected chi connectivity index (χ1v) is 14.1. The molecule has 3 unspecified atom stereocenters. The van der Waals surface area contributed by atoms with Crippen LogP contribution in [0.25, 0.3) is 0 Å². The predicted molar refractivity (Wildman–Crippen MR) is 145 cm³/mol. The fourth-order valence-electron chi connectivity index (χ4n) is 6.09. The van der Waals surface area contributed by atoms with Gasteiger partial charge in [-0.1, -0.05) is 13.0 Å². The van der Waals surface area contributed by atoms with E-state index >= 15 is 0 Å². The molecule has 2 heterocycles. The monoisotopic (exact) mass is 602 g/mol. The third-order valence-electron chi connectivity index (χ3n) is 8.70. The quantitative estimate of drug-likeness (QED) is 0.334. The highest BCUT2D eigenvalue weighted by Crippen LogP contribution is 2.42. The van der Waals surface area contributed by atoms with Gasteiger partial charge in [0.05, 0.1) is 23.2 Å². The van der Waals surface area contributed by atoms with Crippen LogP contribution >= 0.6 is 0 Å². The first-order chi connectivity index (χ1) is 19.6. The summed E-state index contributed by atoms with van der Waals surface area (Å²) in [6.07, 6.45) is -9.33. The van der Waals surface area contributed by atoms with Gasteiger partial charge in [0, 0.05) is 46.3 Å². The van der Waals surface area contributed by atoms with Gasteiger partial charge >= 0.3 is 18.4 Å². The van der Waals surface area contributed by atoms with E-state index in [1.165, 1.54) is 31.0 Å². The third kappa shape index (κ3) is 7.02. The van der Waals surface area contributed by atoms with Crippen LogP contribution in [0.15, 0.2) is 36.4 Å². The van der Waals surface area contributed by atoms with Crippen LogP contribution in [-0.2, 0) is 12.4 Å². The summed E-state index contributed by atoms with van der Waals surface area (Å²) < 4.78 is 95.0. The SMILES string of the molecule is CCN1CCN(CC2CCN(C(=O)N(C)C(C)c3cc(C(F)(F)F)cc(C(F)(F)F)c3)C2c2ccc(F)cc2C)CC1. The van der Waals surface area contributed by atoms with Gasteiger partial charge in [0.2, 0.25) is 0 Å². The zero-order valence-electron chi connectivity index (χ0n) is 24.2.